The van der Waals surface area contributed by atoms with Crippen molar-refractivity contribution in [1.82, 2.24) is 15.1 Å². The summed E-state index contributed by atoms with van der Waals surface area (Å²) in [5.74, 6) is -2.16. The summed E-state index contributed by atoms with van der Waals surface area (Å²) in [5, 5.41) is 12.5. The summed E-state index contributed by atoms with van der Waals surface area (Å²) < 4.78 is 11.7. The summed E-state index contributed by atoms with van der Waals surface area (Å²) in [7, 11) is 4.86. The fraction of sp³-hybridized carbons (Fsp3) is 0.706. The van der Waals surface area contributed by atoms with E-state index in [1.807, 2.05) is 58.0 Å². The van der Waals surface area contributed by atoms with Crippen molar-refractivity contribution in [2.75, 3.05) is 27.8 Å². The smallest absolute Gasteiger partial charge is 0.326 e. The Morgan fingerprint density at radius 3 is 1.95 bits per heavy atom. The molecule has 0 aliphatic carbocycles. The number of benzene rings is 1. The highest BCUT2D eigenvalue weighted by Gasteiger charge is 2.39. The number of carbonyl (C=O) groups excluding carboxylic acids is 3. The van der Waals surface area contributed by atoms with Crippen LogP contribution in [0.4, 0.5) is 0 Å². The molecule has 10 heteroatoms. The minimum atomic E-state index is -1.13. The zero-order valence-corrected chi connectivity index (χ0v) is 28.5. The van der Waals surface area contributed by atoms with Crippen molar-refractivity contribution < 1.29 is 33.8 Å². The van der Waals surface area contributed by atoms with Gasteiger partial charge in [-0.3, -0.25) is 14.4 Å². The lowest BCUT2D eigenvalue weighted by molar-refractivity contribution is -0.148. The molecule has 0 aliphatic rings. The average Bonchev–Trinajstić information content (AvgIpc) is 2.99. The fourth-order valence-corrected chi connectivity index (χ4v) is 5.95. The SMILES string of the molecule is CCC(C)C(C(CC(=O)N(CC)C(CC)C(OC)C(C)C(=O)NC(Cc1ccccc1)C(=O)O)OC)N(C)C(=O)CC(C)C. The van der Waals surface area contributed by atoms with E-state index in [0.717, 1.165) is 12.0 Å². The number of hydrogen-bond acceptors (Lipinski definition) is 6. The number of hydrogen-bond donors (Lipinski definition) is 2. The van der Waals surface area contributed by atoms with E-state index >= 15 is 0 Å². The van der Waals surface area contributed by atoms with Gasteiger partial charge in [-0.1, -0.05) is 78.3 Å². The third-order valence-electron chi connectivity index (χ3n) is 8.64. The molecule has 0 spiro atoms. The molecule has 1 aromatic rings. The van der Waals surface area contributed by atoms with Crippen molar-refractivity contribution in [2.24, 2.45) is 17.8 Å². The predicted molar refractivity (Wildman–Crippen MR) is 172 cm³/mol. The number of likely N-dealkylation sites (N-methyl/N-ethyl adjacent to an activating group) is 2. The third kappa shape index (κ3) is 11.2. The summed E-state index contributed by atoms with van der Waals surface area (Å²) in [6, 6.07) is 7.28. The number of carbonyl (C=O) groups is 4. The van der Waals surface area contributed by atoms with Crippen molar-refractivity contribution in [3.05, 3.63) is 35.9 Å². The molecule has 1 aromatic carbocycles. The molecule has 0 aromatic heterocycles. The molecule has 1 rings (SSSR count). The first kappa shape index (κ1) is 39.0. The van der Waals surface area contributed by atoms with Crippen LogP contribution in [0.1, 0.15) is 79.7 Å². The molecule has 0 fully saturated rings. The molecular formula is C34H57N3O7. The Morgan fingerprint density at radius 1 is 0.886 bits per heavy atom. The van der Waals surface area contributed by atoms with E-state index in [2.05, 4.69) is 19.2 Å². The fourth-order valence-electron chi connectivity index (χ4n) is 5.95. The molecule has 2 N–H and O–H groups in total. The molecular weight excluding hydrogens is 562 g/mol. The lowest BCUT2D eigenvalue weighted by Gasteiger charge is -2.41. The van der Waals surface area contributed by atoms with Gasteiger partial charge in [0.25, 0.3) is 0 Å². The number of rotatable bonds is 20. The summed E-state index contributed by atoms with van der Waals surface area (Å²) in [5.41, 5.74) is 0.797. The number of methoxy groups -OCH3 is 2. The van der Waals surface area contributed by atoms with E-state index in [1.165, 1.54) is 7.11 Å². The predicted octanol–water partition coefficient (Wildman–Crippen LogP) is 4.40. The van der Waals surface area contributed by atoms with Gasteiger partial charge in [0, 0.05) is 40.7 Å². The maximum atomic E-state index is 13.9. The highest BCUT2D eigenvalue weighted by Crippen LogP contribution is 2.26. The van der Waals surface area contributed by atoms with Crippen LogP contribution in [0.3, 0.4) is 0 Å². The topological polar surface area (TPSA) is 125 Å². The van der Waals surface area contributed by atoms with Gasteiger partial charge in [-0.05, 0) is 30.7 Å². The maximum Gasteiger partial charge on any atom is 0.326 e. The minimum Gasteiger partial charge on any atom is -0.480 e. The Bertz CT molecular complexity index is 1030. The standard InChI is InChI=1S/C34H57N3O7/c1-11-23(6)31(36(8)29(38)19-22(4)5)28(43-9)21-30(39)37(13-3)27(12-2)32(44-10)24(7)33(40)35-26(34(41)42)20-25-17-15-14-16-18-25/h14-18,22-24,26-28,31-32H,11-13,19-21H2,1-10H3,(H,35,40)(H,41,42). The van der Waals surface area contributed by atoms with Crippen molar-refractivity contribution in [3.63, 3.8) is 0 Å². The molecule has 0 saturated heterocycles. The van der Waals surface area contributed by atoms with Gasteiger partial charge < -0.3 is 29.7 Å². The Morgan fingerprint density at radius 2 is 1.50 bits per heavy atom. The van der Waals surface area contributed by atoms with Crippen molar-refractivity contribution in [3.8, 4) is 0 Å². The molecule has 0 saturated carbocycles. The molecule has 3 amide bonds. The first-order valence-corrected chi connectivity index (χ1v) is 15.9. The van der Waals surface area contributed by atoms with Gasteiger partial charge in [0.15, 0.2) is 0 Å². The highest BCUT2D eigenvalue weighted by atomic mass is 16.5. The van der Waals surface area contributed by atoms with Crippen LogP contribution < -0.4 is 5.32 Å². The normalized spacial score (nSPS) is 16.2. The summed E-state index contributed by atoms with van der Waals surface area (Å²) in [6.07, 6.45) is 0.736. The van der Waals surface area contributed by atoms with Gasteiger partial charge in [0.05, 0.1) is 36.6 Å². The second kappa shape index (κ2) is 19.4. The van der Waals surface area contributed by atoms with E-state index < -0.39 is 42.1 Å². The molecule has 250 valence electrons. The molecule has 10 nitrogen and oxygen atoms in total. The Balaban J connectivity index is 3.19. The van der Waals surface area contributed by atoms with Crippen LogP contribution in [-0.4, -0.2) is 96.7 Å². The van der Waals surface area contributed by atoms with E-state index in [1.54, 1.807) is 30.9 Å². The summed E-state index contributed by atoms with van der Waals surface area (Å²) >= 11 is 0. The molecule has 0 heterocycles. The number of aliphatic carboxylic acids is 1. The zero-order valence-electron chi connectivity index (χ0n) is 28.5. The Hall–Kier alpha value is -2.98. The lowest BCUT2D eigenvalue weighted by atomic mass is 9.89. The quantitative estimate of drug-likeness (QED) is 0.222. The van der Waals surface area contributed by atoms with Crippen molar-refractivity contribution >= 4 is 23.7 Å². The number of amides is 3. The van der Waals surface area contributed by atoms with E-state index in [-0.39, 0.29) is 42.5 Å². The number of nitrogens with one attached hydrogen (secondary N) is 1. The van der Waals surface area contributed by atoms with Crippen LogP contribution in [0, 0.1) is 17.8 Å². The van der Waals surface area contributed by atoms with E-state index in [4.69, 9.17) is 9.47 Å². The van der Waals surface area contributed by atoms with Crippen LogP contribution in [0.15, 0.2) is 30.3 Å². The molecule has 7 atom stereocenters. The third-order valence-corrected chi connectivity index (χ3v) is 8.64. The summed E-state index contributed by atoms with van der Waals surface area (Å²) in [4.78, 5) is 55.8. The van der Waals surface area contributed by atoms with Gasteiger partial charge in [-0.2, -0.15) is 0 Å². The van der Waals surface area contributed by atoms with Gasteiger partial charge in [0.2, 0.25) is 17.7 Å². The summed E-state index contributed by atoms with van der Waals surface area (Å²) in [6.45, 7) is 14.0. The number of carboxylic acids is 1. The maximum absolute atomic E-state index is 13.9. The van der Waals surface area contributed by atoms with Gasteiger partial charge in [-0.25, -0.2) is 4.79 Å². The Labute approximate surface area is 264 Å². The lowest BCUT2D eigenvalue weighted by Crippen LogP contribution is -2.55. The molecule has 44 heavy (non-hydrogen) atoms. The van der Waals surface area contributed by atoms with Crippen LogP contribution in [-0.2, 0) is 35.1 Å². The monoisotopic (exact) mass is 619 g/mol. The first-order chi connectivity index (χ1) is 20.8. The van der Waals surface area contributed by atoms with E-state index in [9.17, 15) is 24.3 Å². The minimum absolute atomic E-state index is 0.0183. The number of carboxylic acid groups (broad SMARTS) is 1. The first-order valence-electron chi connectivity index (χ1n) is 15.9. The molecule has 7 unspecified atom stereocenters. The van der Waals surface area contributed by atoms with Crippen LogP contribution in [0.25, 0.3) is 0 Å². The van der Waals surface area contributed by atoms with Gasteiger partial charge in [0.1, 0.15) is 6.04 Å². The van der Waals surface area contributed by atoms with Gasteiger partial charge >= 0.3 is 5.97 Å². The molecule has 0 radical (unpaired) electrons. The zero-order chi connectivity index (χ0) is 33.6. The van der Waals surface area contributed by atoms with Crippen molar-refractivity contribution in [1.29, 1.82) is 0 Å². The highest BCUT2D eigenvalue weighted by molar-refractivity contribution is 5.85. The average molecular weight is 620 g/mol. The van der Waals surface area contributed by atoms with Crippen LogP contribution in [0.2, 0.25) is 0 Å². The van der Waals surface area contributed by atoms with Crippen LogP contribution in [0.5, 0.6) is 0 Å². The number of nitrogens with zero attached hydrogens (tertiary/aromatic N) is 2. The second-order valence-corrected chi connectivity index (χ2v) is 12.2. The largest absolute Gasteiger partial charge is 0.480 e. The number of ether oxygens (including phenoxy) is 2. The van der Waals surface area contributed by atoms with Crippen molar-refractivity contribution in [2.45, 2.75) is 111 Å². The van der Waals surface area contributed by atoms with Gasteiger partial charge in [-0.15, -0.1) is 0 Å². The second-order valence-electron chi connectivity index (χ2n) is 12.2. The Kier molecular flexibility index (Phi) is 17.2. The molecule has 0 aliphatic heterocycles. The van der Waals surface area contributed by atoms with E-state index in [0.29, 0.717) is 19.4 Å². The van der Waals surface area contributed by atoms with Crippen LogP contribution >= 0.6 is 0 Å². The molecule has 0 bridgehead atoms.